The molecule has 8 heteroatoms. The van der Waals surface area contributed by atoms with Crippen molar-refractivity contribution in [2.24, 2.45) is 17.8 Å². The molecule has 0 aliphatic rings. The summed E-state index contributed by atoms with van der Waals surface area (Å²) in [7, 11) is 1.72. The molecular formula is C15H15N7O. The minimum Gasteiger partial charge on any atom is -0.369 e. The molecule has 0 saturated carbocycles. The summed E-state index contributed by atoms with van der Waals surface area (Å²) in [6, 6.07) is 7.61. The van der Waals surface area contributed by atoms with Crippen LogP contribution in [0.3, 0.4) is 0 Å². The van der Waals surface area contributed by atoms with E-state index in [-0.39, 0.29) is 11.9 Å². The van der Waals surface area contributed by atoms with Crippen LogP contribution in [0.5, 0.6) is 0 Å². The van der Waals surface area contributed by atoms with Crippen molar-refractivity contribution in [1.82, 2.24) is 25.1 Å². The second-order valence-corrected chi connectivity index (χ2v) is 4.98. The van der Waals surface area contributed by atoms with Crippen molar-refractivity contribution in [3.8, 4) is 0 Å². The molecule has 116 valence electrons. The molecule has 2 heterocycles. The van der Waals surface area contributed by atoms with Crippen LogP contribution < -0.4 is 11.1 Å². The zero-order chi connectivity index (χ0) is 16.4. The number of aliphatic imine (C=N–C) groups is 1. The summed E-state index contributed by atoms with van der Waals surface area (Å²) in [6.07, 6.45) is 3.03. The normalized spacial score (nSPS) is 11.7. The van der Waals surface area contributed by atoms with Crippen LogP contribution in [0.25, 0.3) is 10.9 Å². The highest BCUT2D eigenvalue weighted by molar-refractivity contribution is 6.05. The largest absolute Gasteiger partial charge is 0.369 e. The van der Waals surface area contributed by atoms with Gasteiger partial charge >= 0.3 is 0 Å². The van der Waals surface area contributed by atoms with Gasteiger partial charge in [-0.1, -0.05) is 18.2 Å². The Morgan fingerprint density at radius 1 is 1.30 bits per heavy atom. The number of aryl methyl sites for hydroxylation is 2. The molecule has 3 N–H and O–H groups in total. The molecule has 2 aromatic heterocycles. The van der Waals surface area contributed by atoms with E-state index < -0.39 is 5.91 Å². The number of hydrogen-bond acceptors (Lipinski definition) is 5. The maximum absolute atomic E-state index is 12.0. The summed E-state index contributed by atoms with van der Waals surface area (Å²) in [5.74, 6) is -0.268. The first kappa shape index (κ1) is 14.6. The van der Waals surface area contributed by atoms with Crippen LogP contribution in [0.1, 0.15) is 16.1 Å². The number of para-hydroxylation sites is 1. The third kappa shape index (κ3) is 3.15. The Balaban J connectivity index is 1.84. The fourth-order valence-electron chi connectivity index (χ4n) is 2.13. The summed E-state index contributed by atoms with van der Waals surface area (Å²) < 4.78 is 1.53. The quantitative estimate of drug-likeness (QED) is 0.543. The lowest BCUT2D eigenvalue weighted by Crippen LogP contribution is -2.36. The van der Waals surface area contributed by atoms with Crippen LogP contribution >= 0.6 is 0 Å². The zero-order valence-electron chi connectivity index (χ0n) is 12.7. The van der Waals surface area contributed by atoms with Crippen molar-refractivity contribution in [3.63, 3.8) is 0 Å². The van der Waals surface area contributed by atoms with Crippen molar-refractivity contribution in [2.75, 3.05) is 0 Å². The molecule has 3 aromatic rings. The van der Waals surface area contributed by atoms with E-state index in [4.69, 9.17) is 5.73 Å². The van der Waals surface area contributed by atoms with Gasteiger partial charge in [-0.2, -0.15) is 10.1 Å². The molecule has 0 atom stereocenters. The smallest absolute Gasteiger partial charge is 0.261 e. The van der Waals surface area contributed by atoms with Crippen molar-refractivity contribution in [3.05, 3.63) is 47.9 Å². The van der Waals surface area contributed by atoms with Crippen LogP contribution in [0.4, 0.5) is 5.95 Å². The van der Waals surface area contributed by atoms with Gasteiger partial charge in [-0.3, -0.25) is 14.8 Å². The van der Waals surface area contributed by atoms with Crippen LogP contribution in [-0.2, 0) is 7.05 Å². The second-order valence-electron chi connectivity index (χ2n) is 4.98. The highest BCUT2D eigenvalue weighted by Crippen LogP contribution is 2.17. The summed E-state index contributed by atoms with van der Waals surface area (Å²) in [5, 5.41) is 7.35. The van der Waals surface area contributed by atoms with E-state index in [1.807, 2.05) is 31.2 Å². The summed E-state index contributed by atoms with van der Waals surface area (Å²) in [6.45, 7) is 1.87. The molecule has 0 saturated heterocycles. The average molecular weight is 309 g/mol. The molecule has 0 aliphatic carbocycles. The molecule has 0 fully saturated rings. The van der Waals surface area contributed by atoms with E-state index in [9.17, 15) is 4.79 Å². The Kier molecular flexibility index (Phi) is 3.71. The predicted octanol–water partition coefficient (Wildman–Crippen LogP) is 1.05. The van der Waals surface area contributed by atoms with Crippen LogP contribution in [0.2, 0.25) is 0 Å². The van der Waals surface area contributed by atoms with Gasteiger partial charge in [0.15, 0.2) is 0 Å². The zero-order valence-corrected chi connectivity index (χ0v) is 12.7. The SMILES string of the molecule is Cc1nc(N=C(N)NC(=O)c2cnn(C)c2)nc2ccccc12. The lowest BCUT2D eigenvalue weighted by molar-refractivity contribution is 0.0976. The highest BCUT2D eigenvalue weighted by Gasteiger charge is 2.10. The van der Waals surface area contributed by atoms with Gasteiger partial charge in [0.05, 0.1) is 23.0 Å². The molecule has 0 spiro atoms. The molecule has 23 heavy (non-hydrogen) atoms. The van der Waals surface area contributed by atoms with Crippen molar-refractivity contribution >= 4 is 28.7 Å². The van der Waals surface area contributed by atoms with E-state index in [0.717, 1.165) is 16.6 Å². The summed E-state index contributed by atoms with van der Waals surface area (Å²) >= 11 is 0. The van der Waals surface area contributed by atoms with Gasteiger partial charge in [-0.25, -0.2) is 9.97 Å². The summed E-state index contributed by atoms with van der Waals surface area (Å²) in [5.41, 5.74) is 7.71. The highest BCUT2D eigenvalue weighted by atomic mass is 16.1. The van der Waals surface area contributed by atoms with Gasteiger partial charge in [-0.05, 0) is 13.0 Å². The number of benzene rings is 1. The first-order valence-corrected chi connectivity index (χ1v) is 6.90. The van der Waals surface area contributed by atoms with Crippen LogP contribution in [0, 0.1) is 6.92 Å². The maximum atomic E-state index is 12.0. The van der Waals surface area contributed by atoms with Gasteiger partial charge in [0.1, 0.15) is 0 Å². The number of guanidine groups is 1. The summed E-state index contributed by atoms with van der Waals surface area (Å²) in [4.78, 5) is 24.6. The monoisotopic (exact) mass is 309 g/mol. The van der Waals surface area contributed by atoms with Gasteiger partial charge in [0.2, 0.25) is 5.96 Å². The number of rotatable bonds is 2. The third-order valence-corrected chi connectivity index (χ3v) is 3.21. The Bertz CT molecular complexity index is 913. The van der Waals surface area contributed by atoms with E-state index in [0.29, 0.717) is 5.56 Å². The number of carbonyl (C=O) groups is 1. The Hall–Kier alpha value is -3.29. The molecule has 0 radical (unpaired) electrons. The van der Waals surface area contributed by atoms with Crippen molar-refractivity contribution in [1.29, 1.82) is 0 Å². The van der Waals surface area contributed by atoms with E-state index in [2.05, 4.69) is 25.4 Å². The van der Waals surface area contributed by atoms with E-state index in [1.165, 1.54) is 10.9 Å². The van der Waals surface area contributed by atoms with Crippen LogP contribution in [0.15, 0.2) is 41.7 Å². The number of nitrogens with zero attached hydrogens (tertiary/aromatic N) is 5. The Morgan fingerprint density at radius 2 is 2.09 bits per heavy atom. The molecule has 1 aromatic carbocycles. The maximum Gasteiger partial charge on any atom is 0.261 e. The lowest BCUT2D eigenvalue weighted by Gasteiger charge is -2.04. The number of hydrogen-bond donors (Lipinski definition) is 2. The molecule has 0 unspecified atom stereocenters. The molecule has 1 amide bonds. The van der Waals surface area contributed by atoms with E-state index >= 15 is 0 Å². The van der Waals surface area contributed by atoms with Gasteiger partial charge in [0.25, 0.3) is 11.9 Å². The average Bonchev–Trinajstić information content (AvgIpc) is 2.94. The topological polar surface area (TPSA) is 111 Å². The number of aromatic nitrogens is 4. The molecular weight excluding hydrogens is 294 g/mol. The minimum atomic E-state index is -0.392. The molecule has 3 rings (SSSR count). The second kappa shape index (κ2) is 5.84. The fourth-order valence-corrected chi connectivity index (χ4v) is 2.13. The van der Waals surface area contributed by atoms with E-state index in [1.54, 1.807) is 13.2 Å². The Morgan fingerprint density at radius 3 is 2.83 bits per heavy atom. The van der Waals surface area contributed by atoms with Gasteiger partial charge < -0.3 is 5.73 Å². The number of nitrogens with two attached hydrogens (primary N) is 1. The number of fused-ring (bicyclic) bond motifs is 1. The third-order valence-electron chi connectivity index (χ3n) is 3.21. The fraction of sp³-hybridized carbons (Fsp3) is 0.133. The Labute approximate surface area is 132 Å². The predicted molar refractivity (Wildman–Crippen MR) is 86.2 cm³/mol. The van der Waals surface area contributed by atoms with Gasteiger partial charge in [-0.15, -0.1) is 0 Å². The van der Waals surface area contributed by atoms with Crippen molar-refractivity contribution < 1.29 is 4.79 Å². The number of nitrogens with one attached hydrogen (secondary N) is 1. The first-order chi connectivity index (χ1) is 11.0. The number of amides is 1. The first-order valence-electron chi connectivity index (χ1n) is 6.90. The van der Waals surface area contributed by atoms with Crippen LogP contribution in [-0.4, -0.2) is 31.6 Å². The standard InChI is InChI=1S/C15H15N7O/c1-9-11-5-3-4-6-12(11)19-15(18-9)21-14(16)20-13(23)10-7-17-22(2)8-10/h3-8H,1-2H3,(H3,16,18,19,20,21,23). The van der Waals surface area contributed by atoms with Gasteiger partial charge in [0, 0.05) is 18.6 Å². The molecule has 8 nitrogen and oxygen atoms in total. The molecule has 0 aliphatic heterocycles. The molecule has 0 bridgehead atoms. The van der Waals surface area contributed by atoms with Crippen molar-refractivity contribution in [2.45, 2.75) is 6.92 Å². The lowest BCUT2D eigenvalue weighted by atomic mass is 10.2. The minimum absolute atomic E-state index is 0.0754. The number of carbonyl (C=O) groups excluding carboxylic acids is 1.